The zero-order chi connectivity index (χ0) is 13.1. The predicted octanol–water partition coefficient (Wildman–Crippen LogP) is 2.69. The van der Waals surface area contributed by atoms with Crippen molar-refractivity contribution in [1.82, 2.24) is 4.90 Å². The molecule has 1 aromatic rings. The summed E-state index contributed by atoms with van der Waals surface area (Å²) in [6, 6.07) is 4.32. The van der Waals surface area contributed by atoms with Crippen LogP contribution in [0.25, 0.3) is 0 Å². The van der Waals surface area contributed by atoms with Crippen LogP contribution in [0.2, 0.25) is 0 Å². The lowest BCUT2D eigenvalue weighted by Crippen LogP contribution is -2.23. The monoisotopic (exact) mass is 249 g/mol. The molecule has 1 aromatic carbocycles. The van der Waals surface area contributed by atoms with Crippen molar-refractivity contribution in [2.24, 2.45) is 0 Å². The predicted molar refractivity (Wildman–Crippen MR) is 73.8 cm³/mol. The van der Waals surface area contributed by atoms with Gasteiger partial charge in [0.2, 0.25) is 0 Å². The van der Waals surface area contributed by atoms with E-state index in [0.717, 1.165) is 24.5 Å². The number of aryl methyl sites for hydroxylation is 1. The number of hydrogen-bond acceptors (Lipinski definition) is 3. The molecule has 1 aliphatic carbocycles. The SMILES string of the molecule is COc1cc2c(cc1OC)[C@H](CN(C)C)CCC2. The van der Waals surface area contributed by atoms with Crippen LogP contribution < -0.4 is 9.47 Å². The second-order valence-corrected chi connectivity index (χ2v) is 5.26. The fourth-order valence-electron chi connectivity index (χ4n) is 2.86. The molecule has 0 N–H and O–H groups in total. The minimum atomic E-state index is 0.614. The molecule has 2 rings (SSSR count). The number of nitrogens with zero attached hydrogens (tertiary/aromatic N) is 1. The largest absolute Gasteiger partial charge is 0.493 e. The Kier molecular flexibility index (Phi) is 4.12. The normalized spacial score (nSPS) is 18.6. The van der Waals surface area contributed by atoms with E-state index in [1.807, 2.05) is 0 Å². The standard InChI is InChI=1S/C15H23NO2/c1-16(2)10-12-7-5-6-11-8-14(17-3)15(18-4)9-13(11)12/h8-9,12H,5-7,10H2,1-4H3/t12-/m0/s1. The van der Waals surface area contributed by atoms with E-state index in [1.54, 1.807) is 14.2 Å². The van der Waals surface area contributed by atoms with Gasteiger partial charge in [0, 0.05) is 6.54 Å². The summed E-state index contributed by atoms with van der Waals surface area (Å²) in [6.45, 7) is 1.10. The highest BCUT2D eigenvalue weighted by molar-refractivity contribution is 5.49. The van der Waals surface area contributed by atoms with Gasteiger partial charge < -0.3 is 14.4 Å². The van der Waals surface area contributed by atoms with Crippen molar-refractivity contribution < 1.29 is 9.47 Å². The first-order valence-electron chi connectivity index (χ1n) is 6.55. The summed E-state index contributed by atoms with van der Waals surface area (Å²) in [4.78, 5) is 2.26. The van der Waals surface area contributed by atoms with Crippen LogP contribution in [0.4, 0.5) is 0 Å². The van der Waals surface area contributed by atoms with Crippen LogP contribution in [0.15, 0.2) is 12.1 Å². The van der Waals surface area contributed by atoms with E-state index in [1.165, 1.54) is 24.0 Å². The number of benzene rings is 1. The molecule has 0 spiro atoms. The van der Waals surface area contributed by atoms with Crippen molar-refractivity contribution in [2.75, 3.05) is 34.9 Å². The number of methoxy groups -OCH3 is 2. The van der Waals surface area contributed by atoms with Crippen molar-refractivity contribution in [2.45, 2.75) is 25.2 Å². The number of fused-ring (bicyclic) bond motifs is 1. The van der Waals surface area contributed by atoms with E-state index < -0.39 is 0 Å². The van der Waals surface area contributed by atoms with Crippen molar-refractivity contribution in [1.29, 1.82) is 0 Å². The Hall–Kier alpha value is -1.22. The summed E-state index contributed by atoms with van der Waals surface area (Å²) in [5.41, 5.74) is 2.86. The third-order valence-electron chi connectivity index (χ3n) is 3.67. The quantitative estimate of drug-likeness (QED) is 0.819. The molecule has 0 bridgehead atoms. The molecule has 1 atom stereocenters. The minimum absolute atomic E-state index is 0.614. The molecule has 0 aromatic heterocycles. The second-order valence-electron chi connectivity index (χ2n) is 5.26. The van der Waals surface area contributed by atoms with Gasteiger partial charge >= 0.3 is 0 Å². The Balaban J connectivity index is 2.37. The van der Waals surface area contributed by atoms with Gasteiger partial charge in [-0.1, -0.05) is 0 Å². The van der Waals surface area contributed by atoms with E-state index >= 15 is 0 Å². The molecule has 0 fully saturated rings. The maximum Gasteiger partial charge on any atom is 0.161 e. The molecule has 3 heteroatoms. The molecule has 0 saturated carbocycles. The summed E-state index contributed by atoms with van der Waals surface area (Å²) in [5, 5.41) is 0. The first kappa shape index (κ1) is 13.2. The average molecular weight is 249 g/mol. The molecule has 100 valence electrons. The second kappa shape index (κ2) is 5.61. The maximum absolute atomic E-state index is 5.42. The molecular formula is C15H23NO2. The van der Waals surface area contributed by atoms with Crippen molar-refractivity contribution in [3.05, 3.63) is 23.3 Å². The van der Waals surface area contributed by atoms with Crippen molar-refractivity contribution >= 4 is 0 Å². The van der Waals surface area contributed by atoms with Crippen molar-refractivity contribution in [3.63, 3.8) is 0 Å². The molecule has 0 saturated heterocycles. The van der Waals surface area contributed by atoms with Crippen LogP contribution >= 0.6 is 0 Å². The highest BCUT2D eigenvalue weighted by Gasteiger charge is 2.23. The third kappa shape index (κ3) is 2.61. The average Bonchev–Trinajstić information content (AvgIpc) is 2.37. The van der Waals surface area contributed by atoms with Gasteiger partial charge in [-0.25, -0.2) is 0 Å². The fraction of sp³-hybridized carbons (Fsp3) is 0.600. The zero-order valence-electron chi connectivity index (χ0n) is 11.8. The summed E-state index contributed by atoms with van der Waals surface area (Å²) in [5.74, 6) is 2.31. The molecule has 18 heavy (non-hydrogen) atoms. The zero-order valence-corrected chi connectivity index (χ0v) is 11.8. The molecule has 0 heterocycles. The topological polar surface area (TPSA) is 21.7 Å². The lowest BCUT2D eigenvalue weighted by Gasteiger charge is -2.28. The van der Waals surface area contributed by atoms with Gasteiger partial charge in [-0.2, -0.15) is 0 Å². The van der Waals surface area contributed by atoms with Gasteiger partial charge in [-0.3, -0.25) is 0 Å². The fourth-order valence-corrected chi connectivity index (χ4v) is 2.86. The first-order valence-corrected chi connectivity index (χ1v) is 6.55. The summed E-state index contributed by atoms with van der Waals surface area (Å²) >= 11 is 0. The van der Waals surface area contributed by atoms with E-state index in [2.05, 4.69) is 31.1 Å². The third-order valence-corrected chi connectivity index (χ3v) is 3.67. The highest BCUT2D eigenvalue weighted by atomic mass is 16.5. The van der Waals surface area contributed by atoms with Crippen LogP contribution in [-0.4, -0.2) is 39.8 Å². The van der Waals surface area contributed by atoms with E-state index in [0.29, 0.717) is 5.92 Å². The van der Waals surface area contributed by atoms with E-state index in [9.17, 15) is 0 Å². The molecular weight excluding hydrogens is 226 g/mol. The molecule has 1 aliphatic rings. The molecule has 0 radical (unpaired) electrons. The Labute approximate surface area is 110 Å². The van der Waals surface area contributed by atoms with Crippen LogP contribution in [0.3, 0.4) is 0 Å². The van der Waals surface area contributed by atoms with Crippen LogP contribution in [0, 0.1) is 0 Å². The van der Waals surface area contributed by atoms with Crippen LogP contribution in [-0.2, 0) is 6.42 Å². The molecule has 0 unspecified atom stereocenters. The smallest absolute Gasteiger partial charge is 0.161 e. The molecule has 0 aliphatic heterocycles. The number of likely N-dealkylation sites (N-methyl/N-ethyl adjacent to an activating group) is 1. The number of ether oxygens (including phenoxy) is 2. The van der Waals surface area contributed by atoms with E-state index in [4.69, 9.17) is 9.47 Å². The lowest BCUT2D eigenvalue weighted by atomic mass is 9.82. The van der Waals surface area contributed by atoms with Crippen LogP contribution in [0.1, 0.15) is 29.9 Å². The molecule has 0 amide bonds. The Morgan fingerprint density at radius 3 is 2.44 bits per heavy atom. The van der Waals surface area contributed by atoms with Gasteiger partial charge in [-0.15, -0.1) is 0 Å². The van der Waals surface area contributed by atoms with Gasteiger partial charge in [0.1, 0.15) is 0 Å². The maximum atomic E-state index is 5.42. The van der Waals surface area contributed by atoms with Gasteiger partial charge in [-0.05, 0) is 62.5 Å². The summed E-state index contributed by atoms with van der Waals surface area (Å²) in [6.07, 6.45) is 3.68. The Morgan fingerprint density at radius 1 is 1.17 bits per heavy atom. The van der Waals surface area contributed by atoms with Crippen LogP contribution in [0.5, 0.6) is 11.5 Å². The summed E-state index contributed by atoms with van der Waals surface area (Å²) < 4.78 is 10.8. The Morgan fingerprint density at radius 2 is 1.83 bits per heavy atom. The van der Waals surface area contributed by atoms with E-state index in [-0.39, 0.29) is 0 Å². The number of hydrogen-bond donors (Lipinski definition) is 0. The first-order chi connectivity index (χ1) is 8.65. The van der Waals surface area contributed by atoms with Gasteiger partial charge in [0.05, 0.1) is 14.2 Å². The summed E-state index contributed by atoms with van der Waals surface area (Å²) in [7, 11) is 7.67. The van der Waals surface area contributed by atoms with Crippen molar-refractivity contribution in [3.8, 4) is 11.5 Å². The minimum Gasteiger partial charge on any atom is -0.493 e. The molecule has 3 nitrogen and oxygen atoms in total. The lowest BCUT2D eigenvalue weighted by molar-refractivity contribution is 0.341. The number of rotatable bonds is 4. The highest BCUT2D eigenvalue weighted by Crippen LogP contribution is 2.39. The van der Waals surface area contributed by atoms with Gasteiger partial charge in [0.15, 0.2) is 11.5 Å². The van der Waals surface area contributed by atoms with Gasteiger partial charge in [0.25, 0.3) is 0 Å². The Bertz CT molecular complexity index is 415.